The molecule has 2 aromatic carbocycles. The molecular formula is C46H61Cl2N2PRu. The summed E-state index contributed by atoms with van der Waals surface area (Å²) in [4.78, 5) is 0. The Morgan fingerprint density at radius 3 is 1.73 bits per heavy atom. The predicted molar refractivity (Wildman–Crippen MR) is 224 cm³/mol. The third-order valence-corrected chi connectivity index (χ3v) is 17.8. The maximum atomic E-state index is 8.49. The van der Waals surface area contributed by atoms with E-state index in [1.54, 1.807) is 5.57 Å². The van der Waals surface area contributed by atoms with Crippen LogP contribution in [0, 0.1) is 41.5 Å². The Morgan fingerprint density at radius 1 is 0.692 bits per heavy atom. The first-order valence-electron chi connectivity index (χ1n) is 20.3. The van der Waals surface area contributed by atoms with E-state index < -0.39 is 5.41 Å². The van der Waals surface area contributed by atoms with Gasteiger partial charge in [-0.1, -0.05) is 118 Å². The Bertz CT molecular complexity index is 1700. The van der Waals surface area contributed by atoms with E-state index in [-0.39, 0.29) is 27.4 Å². The molecule has 2 N–H and O–H groups in total. The maximum absolute atomic E-state index is 8.49. The second-order valence-corrected chi connectivity index (χ2v) is 20.4. The first-order valence-corrected chi connectivity index (χ1v) is 22.6. The molecule has 2 atom stereocenters. The number of allylic oxidation sites excluding steroid dienone is 7. The summed E-state index contributed by atoms with van der Waals surface area (Å²) in [7, 11) is -0.174. The molecule has 1 saturated heterocycles. The molecule has 1 aliphatic heterocycles. The van der Waals surface area contributed by atoms with Crippen molar-refractivity contribution >= 4 is 36.7 Å². The molecule has 2 nitrogen and oxygen atoms in total. The van der Waals surface area contributed by atoms with E-state index >= 15 is 0 Å². The number of benzene rings is 2. The Morgan fingerprint density at radius 2 is 1.19 bits per heavy atom. The van der Waals surface area contributed by atoms with Crippen LogP contribution in [0.3, 0.4) is 0 Å². The van der Waals surface area contributed by atoms with Gasteiger partial charge in [0.25, 0.3) is 0 Å². The minimum atomic E-state index is -0.675. The van der Waals surface area contributed by atoms with Gasteiger partial charge in [0.05, 0.1) is 5.41 Å². The predicted octanol–water partition coefficient (Wildman–Crippen LogP) is 13.0. The van der Waals surface area contributed by atoms with Crippen molar-refractivity contribution in [2.45, 2.75) is 154 Å². The van der Waals surface area contributed by atoms with Crippen LogP contribution in [0.2, 0.25) is 0 Å². The van der Waals surface area contributed by atoms with Crippen LogP contribution in [0.25, 0.3) is 5.57 Å². The molecule has 0 aromatic heterocycles. The number of nitrogens with one attached hydrogen (secondary N) is 2. The molecule has 0 amide bonds. The van der Waals surface area contributed by atoms with Gasteiger partial charge in [-0.25, -0.2) is 0 Å². The molecule has 2 aromatic rings. The Hall–Kier alpha value is -1.37. The van der Waals surface area contributed by atoms with Crippen LogP contribution in [0.1, 0.15) is 134 Å². The molecular weight excluding hydrogens is 783 g/mol. The first-order chi connectivity index (χ1) is 24.6. The van der Waals surface area contributed by atoms with Crippen molar-refractivity contribution in [3.05, 3.63) is 108 Å². The monoisotopic (exact) mass is 844 g/mol. The van der Waals surface area contributed by atoms with Gasteiger partial charge < -0.3 is 10.6 Å². The van der Waals surface area contributed by atoms with E-state index in [4.69, 9.17) is 23.2 Å². The van der Waals surface area contributed by atoms with Gasteiger partial charge in [0.2, 0.25) is 0 Å². The van der Waals surface area contributed by atoms with Gasteiger partial charge in [0.1, 0.15) is 5.82 Å². The Labute approximate surface area is 339 Å². The van der Waals surface area contributed by atoms with Crippen LogP contribution in [0.15, 0.2) is 63.4 Å². The van der Waals surface area contributed by atoms with Gasteiger partial charge >= 0.3 is 0 Å². The van der Waals surface area contributed by atoms with Gasteiger partial charge in [-0.3, -0.25) is 0 Å². The molecule has 2 unspecified atom stereocenters. The average molecular weight is 845 g/mol. The summed E-state index contributed by atoms with van der Waals surface area (Å²) in [5.74, 6) is 1.08. The van der Waals surface area contributed by atoms with Crippen LogP contribution in [0.4, 0.5) is 0 Å². The number of hydrogen-bond donors (Lipinski definition) is 2. The minimum absolute atomic E-state index is 0. The third-order valence-electron chi connectivity index (χ3n) is 12.9. The maximum Gasteiger partial charge on any atom is 0.104 e. The van der Waals surface area contributed by atoms with Crippen molar-refractivity contribution < 1.29 is 19.5 Å². The van der Waals surface area contributed by atoms with E-state index in [0.29, 0.717) is 5.66 Å². The smallest absolute Gasteiger partial charge is 0.104 e. The third kappa shape index (κ3) is 7.58. The second-order valence-electron chi connectivity index (χ2n) is 16.6. The van der Waals surface area contributed by atoms with E-state index in [1.807, 2.05) is 0 Å². The normalized spacial score (nSPS) is 25.7. The Balaban J connectivity index is 0.00000464. The molecule has 7 rings (SSSR count). The second kappa shape index (κ2) is 17.2. The van der Waals surface area contributed by atoms with Crippen LogP contribution < -0.4 is 10.6 Å². The van der Waals surface area contributed by atoms with E-state index in [2.05, 4.69) is 88.6 Å². The summed E-state index contributed by atoms with van der Waals surface area (Å²) in [6, 6.07) is 9.39. The fourth-order valence-electron chi connectivity index (χ4n) is 11.1. The van der Waals surface area contributed by atoms with Gasteiger partial charge in [-0.2, -0.15) is 0 Å². The zero-order valence-electron chi connectivity index (χ0n) is 32.6. The van der Waals surface area contributed by atoms with Gasteiger partial charge in [-0.05, 0) is 143 Å². The largest absolute Gasteiger partial charge is 0.370 e. The molecule has 282 valence electrons. The van der Waals surface area contributed by atoms with Crippen molar-refractivity contribution in [2.75, 3.05) is 13.1 Å². The van der Waals surface area contributed by atoms with Crippen LogP contribution in [0.5, 0.6) is 0 Å². The summed E-state index contributed by atoms with van der Waals surface area (Å²) in [6.45, 7) is 15.3. The zero-order chi connectivity index (χ0) is 35.9. The molecule has 4 fully saturated rings. The first kappa shape index (κ1) is 40.3. The van der Waals surface area contributed by atoms with Crippen LogP contribution >= 0.6 is 31.1 Å². The molecule has 0 spiro atoms. The van der Waals surface area contributed by atoms with Gasteiger partial charge in [-0.15, -0.1) is 0 Å². The molecule has 0 bridgehead atoms. The quantitative estimate of drug-likeness (QED) is 0.224. The number of hydrogen-bond acceptors (Lipinski definition) is 2. The topological polar surface area (TPSA) is 24.1 Å². The molecule has 3 saturated carbocycles. The SMILES string of the molecule is Cc1cc(C)c(C2=C(Cl)C=CC(C(Cl)=C3CCCCC3P(C3CCCCC3)C3CCCCC3)(c3c(C)cc(C)cc3C)C2=C2NCCN2)c(C)c1.[Ru]. The fraction of sp³-hybridized carbons (Fsp3) is 0.565. The van der Waals surface area contributed by atoms with E-state index in [1.165, 1.54) is 134 Å². The molecule has 5 aliphatic rings. The molecule has 6 heteroatoms. The summed E-state index contributed by atoms with van der Waals surface area (Å²) < 4.78 is 0. The molecule has 1 heterocycles. The van der Waals surface area contributed by atoms with Crippen molar-refractivity contribution in [1.29, 1.82) is 0 Å². The summed E-state index contributed by atoms with van der Waals surface area (Å²) in [6.07, 6.45) is 23.8. The van der Waals surface area contributed by atoms with Gasteiger partial charge in [0, 0.05) is 59.4 Å². The van der Waals surface area contributed by atoms with Crippen molar-refractivity contribution in [3.63, 3.8) is 0 Å². The zero-order valence-corrected chi connectivity index (χ0v) is 36.7. The number of rotatable bonds is 6. The minimum Gasteiger partial charge on any atom is -0.370 e. The summed E-state index contributed by atoms with van der Waals surface area (Å²) >= 11 is 16.0. The number of aryl methyl sites for hydroxylation is 6. The van der Waals surface area contributed by atoms with Crippen molar-refractivity contribution in [3.8, 4) is 0 Å². The fourth-order valence-corrected chi connectivity index (χ4v) is 16.6. The van der Waals surface area contributed by atoms with E-state index in [0.717, 1.165) is 52.3 Å². The average Bonchev–Trinajstić information content (AvgIpc) is 3.64. The molecule has 0 radical (unpaired) electrons. The summed E-state index contributed by atoms with van der Waals surface area (Å²) in [5.41, 5.74) is 15.9. The van der Waals surface area contributed by atoms with Crippen molar-refractivity contribution in [1.82, 2.24) is 10.6 Å². The standard InChI is InChI=1S/C46H61Cl2N2P.Ru/c1-29-25-31(3)40(32(4)26-29)41-38(47)21-22-46(43(41)45-49-23-24-50-45,42-33(5)27-30(2)28-34(42)6)44(48)37-19-13-14-20-39(37)51(35-15-9-7-10-16-35)36-17-11-8-12-18-36;/h21-22,25-28,35-36,39,49-50H,7-20,23-24H2,1-6H3;. The Kier molecular flexibility index (Phi) is 13.3. The van der Waals surface area contributed by atoms with E-state index in [9.17, 15) is 0 Å². The van der Waals surface area contributed by atoms with Gasteiger partial charge in [0.15, 0.2) is 0 Å². The molecule has 52 heavy (non-hydrogen) atoms. The molecule has 4 aliphatic carbocycles. The van der Waals surface area contributed by atoms with Crippen molar-refractivity contribution in [2.24, 2.45) is 0 Å². The van der Waals surface area contributed by atoms with Crippen LogP contribution in [-0.2, 0) is 24.9 Å². The van der Waals surface area contributed by atoms with Crippen LogP contribution in [-0.4, -0.2) is 30.1 Å². The number of halogens is 2. The summed E-state index contributed by atoms with van der Waals surface area (Å²) in [5, 5.41) is 9.53.